The van der Waals surface area contributed by atoms with Gasteiger partial charge < -0.3 is 10.8 Å². The highest BCUT2D eigenvalue weighted by molar-refractivity contribution is 5.44. The van der Waals surface area contributed by atoms with Crippen LogP contribution in [0.2, 0.25) is 0 Å². The largest absolute Gasteiger partial charge is 0.507 e. The van der Waals surface area contributed by atoms with Gasteiger partial charge >= 0.3 is 0 Å². The van der Waals surface area contributed by atoms with Gasteiger partial charge in [-0.25, -0.2) is 0 Å². The Labute approximate surface area is 154 Å². The first-order chi connectivity index (χ1) is 12.2. The number of hydrogen-bond acceptors (Lipinski definition) is 4. The summed E-state index contributed by atoms with van der Waals surface area (Å²) in [5, 5.41) is 10.6. The van der Waals surface area contributed by atoms with Crippen LogP contribution in [0.3, 0.4) is 0 Å². The zero-order chi connectivity index (χ0) is 18.1. The Morgan fingerprint density at radius 1 is 0.920 bits per heavy atom. The van der Waals surface area contributed by atoms with Crippen molar-refractivity contribution in [3.05, 3.63) is 28.8 Å². The predicted molar refractivity (Wildman–Crippen MR) is 106 cm³/mol. The van der Waals surface area contributed by atoms with Gasteiger partial charge in [0.1, 0.15) is 5.75 Å². The van der Waals surface area contributed by atoms with Crippen molar-refractivity contribution in [3.8, 4) is 5.75 Å². The van der Waals surface area contributed by atoms with Gasteiger partial charge in [0.25, 0.3) is 0 Å². The average Bonchev–Trinajstić information content (AvgIpc) is 2.62. The van der Waals surface area contributed by atoms with E-state index in [1.54, 1.807) is 0 Å². The van der Waals surface area contributed by atoms with Gasteiger partial charge in [0.15, 0.2) is 0 Å². The number of benzene rings is 1. The molecule has 1 aromatic rings. The van der Waals surface area contributed by atoms with Crippen molar-refractivity contribution in [2.45, 2.75) is 58.9 Å². The second-order valence-electron chi connectivity index (χ2n) is 7.38. The number of rotatable bonds is 10. The molecule has 0 spiro atoms. The van der Waals surface area contributed by atoms with Crippen LogP contribution in [0.15, 0.2) is 12.1 Å². The molecule has 4 nitrogen and oxygen atoms in total. The Hall–Kier alpha value is -1.10. The molecule has 1 aromatic carbocycles. The summed E-state index contributed by atoms with van der Waals surface area (Å²) in [6, 6.07) is 4.49. The molecule has 0 amide bonds. The molecule has 0 bridgehead atoms. The molecule has 2 rings (SSSR count). The monoisotopic (exact) mass is 347 g/mol. The molecule has 1 aliphatic rings. The number of aromatic hydroxyl groups is 1. The molecule has 0 aromatic heterocycles. The van der Waals surface area contributed by atoms with Crippen LogP contribution in [0.25, 0.3) is 0 Å². The highest BCUT2D eigenvalue weighted by atomic mass is 16.3. The van der Waals surface area contributed by atoms with Crippen LogP contribution in [-0.2, 0) is 19.4 Å². The first kappa shape index (κ1) is 20.2. The maximum atomic E-state index is 10.6. The smallest absolute Gasteiger partial charge is 0.121 e. The highest BCUT2D eigenvalue weighted by Gasteiger charge is 2.17. The van der Waals surface area contributed by atoms with E-state index in [1.807, 2.05) is 0 Å². The molecule has 25 heavy (non-hydrogen) atoms. The fourth-order valence-electron chi connectivity index (χ4n) is 3.65. The van der Waals surface area contributed by atoms with Crippen molar-refractivity contribution in [1.82, 2.24) is 9.80 Å². The first-order valence-electron chi connectivity index (χ1n) is 10.2. The molecule has 3 N–H and O–H groups in total. The number of hydrogen-bond donors (Lipinski definition) is 2. The summed E-state index contributed by atoms with van der Waals surface area (Å²) < 4.78 is 0. The molecule has 1 aliphatic heterocycles. The molecule has 0 aliphatic carbocycles. The molecule has 1 heterocycles. The summed E-state index contributed by atoms with van der Waals surface area (Å²) in [6.07, 6.45) is 6.58. The number of nitrogens with two attached hydrogens (primary N) is 1. The second-order valence-corrected chi connectivity index (χ2v) is 7.38. The zero-order valence-electron chi connectivity index (χ0n) is 16.3. The van der Waals surface area contributed by atoms with Gasteiger partial charge in [0.05, 0.1) is 0 Å². The molecule has 1 fully saturated rings. The van der Waals surface area contributed by atoms with Crippen LogP contribution < -0.4 is 5.73 Å². The van der Waals surface area contributed by atoms with E-state index in [1.165, 1.54) is 5.56 Å². The van der Waals surface area contributed by atoms with E-state index in [0.717, 1.165) is 95.5 Å². The van der Waals surface area contributed by atoms with Gasteiger partial charge in [-0.2, -0.15) is 0 Å². The fraction of sp³-hybridized carbons (Fsp3) is 0.714. The number of piperazine rings is 1. The van der Waals surface area contributed by atoms with Crippen LogP contribution in [0, 0.1) is 0 Å². The standard InChI is InChI=1S/C21H37N3O/c1-3-5-7-19-15-18(16-20(21(19)25)8-6-4-2)17-24-13-11-23(10-9-22)12-14-24/h15-16,25H,3-14,17,22H2,1-2H3. The summed E-state index contributed by atoms with van der Waals surface area (Å²) in [5.74, 6) is 0.554. The van der Waals surface area contributed by atoms with E-state index in [4.69, 9.17) is 5.73 Å². The third kappa shape index (κ3) is 6.28. The Morgan fingerprint density at radius 2 is 1.44 bits per heavy atom. The Bertz CT molecular complexity index is 481. The first-order valence-corrected chi connectivity index (χ1v) is 10.2. The molecule has 0 radical (unpaired) electrons. The molecule has 1 saturated heterocycles. The van der Waals surface area contributed by atoms with Crippen LogP contribution in [0.5, 0.6) is 5.75 Å². The molecular weight excluding hydrogens is 310 g/mol. The van der Waals surface area contributed by atoms with Crippen molar-refractivity contribution in [2.75, 3.05) is 39.3 Å². The maximum absolute atomic E-state index is 10.6. The van der Waals surface area contributed by atoms with Crippen molar-refractivity contribution < 1.29 is 5.11 Å². The quantitative estimate of drug-likeness (QED) is 0.683. The number of phenols is 1. The lowest BCUT2D eigenvalue weighted by Gasteiger charge is -2.34. The molecule has 4 heteroatoms. The van der Waals surface area contributed by atoms with E-state index in [2.05, 4.69) is 35.8 Å². The van der Waals surface area contributed by atoms with E-state index in [-0.39, 0.29) is 0 Å². The topological polar surface area (TPSA) is 52.7 Å². The van der Waals surface area contributed by atoms with E-state index < -0.39 is 0 Å². The highest BCUT2D eigenvalue weighted by Crippen LogP contribution is 2.28. The summed E-state index contributed by atoms with van der Waals surface area (Å²) in [4.78, 5) is 4.99. The van der Waals surface area contributed by atoms with Crippen LogP contribution in [0.4, 0.5) is 0 Å². The van der Waals surface area contributed by atoms with Crippen LogP contribution >= 0.6 is 0 Å². The minimum atomic E-state index is 0.554. The van der Waals surface area contributed by atoms with Gasteiger partial charge in [-0.3, -0.25) is 9.80 Å². The van der Waals surface area contributed by atoms with Crippen molar-refractivity contribution >= 4 is 0 Å². The summed E-state index contributed by atoms with van der Waals surface area (Å²) in [7, 11) is 0. The van der Waals surface area contributed by atoms with Crippen LogP contribution in [-0.4, -0.2) is 54.2 Å². The molecule has 0 unspecified atom stereocenters. The second kappa shape index (κ2) is 10.8. The van der Waals surface area contributed by atoms with Gasteiger partial charge in [0, 0.05) is 45.8 Å². The van der Waals surface area contributed by atoms with E-state index in [0.29, 0.717) is 5.75 Å². The summed E-state index contributed by atoms with van der Waals surface area (Å²) >= 11 is 0. The third-order valence-electron chi connectivity index (χ3n) is 5.24. The minimum absolute atomic E-state index is 0.554. The lowest BCUT2D eigenvalue weighted by Crippen LogP contribution is -2.47. The van der Waals surface area contributed by atoms with Gasteiger partial charge in [0.2, 0.25) is 0 Å². The van der Waals surface area contributed by atoms with Gasteiger partial charge in [-0.1, -0.05) is 38.8 Å². The number of phenolic OH excluding ortho intramolecular Hbond substituents is 1. The third-order valence-corrected chi connectivity index (χ3v) is 5.24. The maximum Gasteiger partial charge on any atom is 0.121 e. The SMILES string of the molecule is CCCCc1cc(CN2CCN(CCN)CC2)cc(CCCC)c1O. The van der Waals surface area contributed by atoms with Crippen molar-refractivity contribution in [3.63, 3.8) is 0 Å². The number of nitrogens with zero attached hydrogens (tertiary/aromatic N) is 2. The zero-order valence-corrected chi connectivity index (χ0v) is 16.3. The lowest BCUT2D eigenvalue weighted by atomic mass is 9.96. The van der Waals surface area contributed by atoms with Crippen LogP contribution in [0.1, 0.15) is 56.2 Å². The Balaban J connectivity index is 2.05. The van der Waals surface area contributed by atoms with Gasteiger partial charge in [-0.05, 0) is 42.4 Å². The van der Waals surface area contributed by atoms with Crippen molar-refractivity contribution in [1.29, 1.82) is 0 Å². The lowest BCUT2D eigenvalue weighted by molar-refractivity contribution is 0.130. The molecular formula is C21H37N3O. The number of aryl methyl sites for hydroxylation is 2. The molecule has 142 valence electrons. The average molecular weight is 348 g/mol. The summed E-state index contributed by atoms with van der Waals surface area (Å²) in [5.41, 5.74) is 9.32. The Kier molecular flexibility index (Phi) is 8.73. The Morgan fingerprint density at radius 3 is 1.92 bits per heavy atom. The predicted octanol–water partition coefficient (Wildman–Crippen LogP) is 3.15. The fourth-order valence-corrected chi connectivity index (χ4v) is 3.65. The van der Waals surface area contributed by atoms with Crippen molar-refractivity contribution in [2.24, 2.45) is 5.73 Å². The molecule has 0 saturated carbocycles. The number of unbranched alkanes of at least 4 members (excludes halogenated alkanes) is 2. The normalized spacial score (nSPS) is 16.4. The minimum Gasteiger partial charge on any atom is -0.507 e. The van der Waals surface area contributed by atoms with E-state index in [9.17, 15) is 5.11 Å². The van der Waals surface area contributed by atoms with E-state index >= 15 is 0 Å². The molecule has 0 atom stereocenters. The summed E-state index contributed by atoms with van der Waals surface area (Å²) in [6.45, 7) is 11.6. The van der Waals surface area contributed by atoms with Gasteiger partial charge in [-0.15, -0.1) is 0 Å².